The Morgan fingerprint density at radius 3 is 2.48 bits per heavy atom. The molecule has 146 valence electrons. The zero-order valence-corrected chi connectivity index (χ0v) is 15.5. The Kier molecular flexibility index (Phi) is 4.60. The summed E-state index contributed by atoms with van der Waals surface area (Å²) in [6, 6.07) is 8.64. The van der Waals surface area contributed by atoms with Crippen LogP contribution in [0, 0.1) is 11.3 Å². The SMILES string of the molecule is COc1cc(-c2cnn3cc(-c4cnn(C)c4)ccc23)cc(OC(F)F)c1C#N. The van der Waals surface area contributed by atoms with E-state index in [4.69, 9.17) is 4.74 Å². The van der Waals surface area contributed by atoms with Crippen LogP contribution in [-0.2, 0) is 7.05 Å². The van der Waals surface area contributed by atoms with Crippen molar-refractivity contribution in [1.29, 1.82) is 5.26 Å². The molecule has 29 heavy (non-hydrogen) atoms. The number of hydrogen-bond acceptors (Lipinski definition) is 5. The van der Waals surface area contributed by atoms with Gasteiger partial charge in [-0.2, -0.15) is 24.2 Å². The minimum atomic E-state index is -3.06. The summed E-state index contributed by atoms with van der Waals surface area (Å²) in [4.78, 5) is 0. The van der Waals surface area contributed by atoms with Crippen LogP contribution in [0.2, 0.25) is 0 Å². The third-order valence-electron chi connectivity index (χ3n) is 4.48. The summed E-state index contributed by atoms with van der Waals surface area (Å²) >= 11 is 0. The second-order valence-corrected chi connectivity index (χ2v) is 6.25. The van der Waals surface area contributed by atoms with E-state index in [1.54, 1.807) is 27.7 Å². The van der Waals surface area contributed by atoms with Gasteiger partial charge >= 0.3 is 6.61 Å². The van der Waals surface area contributed by atoms with E-state index in [9.17, 15) is 14.0 Å². The summed E-state index contributed by atoms with van der Waals surface area (Å²) in [5, 5.41) is 17.8. The van der Waals surface area contributed by atoms with Crippen molar-refractivity contribution in [3.8, 4) is 39.8 Å². The highest BCUT2D eigenvalue weighted by molar-refractivity contribution is 5.83. The van der Waals surface area contributed by atoms with Gasteiger partial charge in [0.2, 0.25) is 0 Å². The van der Waals surface area contributed by atoms with Crippen LogP contribution in [0.15, 0.2) is 49.1 Å². The largest absolute Gasteiger partial charge is 0.495 e. The molecule has 0 radical (unpaired) electrons. The van der Waals surface area contributed by atoms with Gasteiger partial charge in [0.1, 0.15) is 23.1 Å². The molecule has 1 aromatic carbocycles. The average molecular weight is 395 g/mol. The molecular formula is C20H15F2N5O2. The molecule has 0 bridgehead atoms. The standard InChI is InChI=1S/C20H15F2N5O2/c1-26-10-14(8-24-26)12-3-4-17-16(9-25-27(17)11-12)13-5-18(28-2)15(7-23)19(6-13)29-20(21)22/h3-6,8-11,20H,1-2H3. The lowest BCUT2D eigenvalue weighted by molar-refractivity contribution is -0.0500. The normalized spacial score (nSPS) is 11.0. The molecule has 3 heterocycles. The number of rotatable bonds is 5. The van der Waals surface area contributed by atoms with E-state index in [1.165, 1.54) is 13.2 Å². The molecule has 7 nitrogen and oxygen atoms in total. The van der Waals surface area contributed by atoms with Gasteiger partial charge in [-0.3, -0.25) is 4.68 Å². The van der Waals surface area contributed by atoms with E-state index < -0.39 is 6.61 Å². The average Bonchev–Trinajstić information content (AvgIpc) is 3.32. The summed E-state index contributed by atoms with van der Waals surface area (Å²) in [6.45, 7) is -3.06. The fraction of sp³-hybridized carbons (Fsp3) is 0.150. The van der Waals surface area contributed by atoms with Crippen LogP contribution in [0.25, 0.3) is 27.8 Å². The van der Waals surface area contributed by atoms with Gasteiger partial charge in [0.15, 0.2) is 0 Å². The second-order valence-electron chi connectivity index (χ2n) is 6.25. The van der Waals surface area contributed by atoms with Crippen molar-refractivity contribution < 1.29 is 18.3 Å². The zero-order valence-electron chi connectivity index (χ0n) is 15.5. The molecule has 0 aliphatic rings. The maximum atomic E-state index is 12.8. The third-order valence-corrected chi connectivity index (χ3v) is 4.48. The molecule has 0 atom stereocenters. The van der Waals surface area contributed by atoms with Crippen molar-refractivity contribution in [2.24, 2.45) is 7.05 Å². The minimum Gasteiger partial charge on any atom is -0.495 e. The van der Waals surface area contributed by atoms with Crippen LogP contribution in [-0.4, -0.2) is 33.1 Å². The number of benzene rings is 1. The van der Waals surface area contributed by atoms with Crippen molar-refractivity contribution >= 4 is 5.52 Å². The number of nitriles is 1. The molecule has 0 unspecified atom stereocenters. The molecule has 4 rings (SSSR count). The maximum Gasteiger partial charge on any atom is 0.387 e. The van der Waals surface area contributed by atoms with Crippen LogP contribution in [0.5, 0.6) is 11.5 Å². The summed E-state index contributed by atoms with van der Waals surface area (Å²) in [6.07, 6.45) is 7.12. The summed E-state index contributed by atoms with van der Waals surface area (Å²) in [5.74, 6) is -0.102. The first-order valence-corrected chi connectivity index (χ1v) is 8.54. The van der Waals surface area contributed by atoms with Crippen LogP contribution in [0.1, 0.15) is 5.56 Å². The van der Waals surface area contributed by atoms with Crippen LogP contribution in [0.4, 0.5) is 8.78 Å². The fourth-order valence-electron chi connectivity index (χ4n) is 3.15. The Balaban J connectivity index is 1.83. The van der Waals surface area contributed by atoms with Gasteiger partial charge in [-0.1, -0.05) is 6.07 Å². The fourth-order valence-corrected chi connectivity index (χ4v) is 3.15. The lowest BCUT2D eigenvalue weighted by Gasteiger charge is -2.12. The molecule has 9 heteroatoms. The number of fused-ring (bicyclic) bond motifs is 1. The topological polar surface area (TPSA) is 77.4 Å². The van der Waals surface area contributed by atoms with Crippen molar-refractivity contribution in [2.45, 2.75) is 6.61 Å². The lowest BCUT2D eigenvalue weighted by atomic mass is 10.0. The number of aryl methyl sites for hydroxylation is 1. The van der Waals surface area contributed by atoms with E-state index in [-0.39, 0.29) is 17.1 Å². The first kappa shape index (κ1) is 18.4. The highest BCUT2D eigenvalue weighted by atomic mass is 19.3. The zero-order chi connectivity index (χ0) is 20.5. The predicted molar refractivity (Wildman–Crippen MR) is 101 cm³/mol. The number of aromatic nitrogens is 4. The smallest absolute Gasteiger partial charge is 0.387 e. The van der Waals surface area contributed by atoms with E-state index in [0.29, 0.717) is 11.1 Å². The number of alkyl halides is 2. The van der Waals surface area contributed by atoms with E-state index in [2.05, 4.69) is 14.9 Å². The third kappa shape index (κ3) is 3.36. The van der Waals surface area contributed by atoms with Crippen molar-refractivity contribution in [3.05, 3.63) is 54.6 Å². The Labute approximate surface area is 164 Å². The Morgan fingerprint density at radius 1 is 1.03 bits per heavy atom. The van der Waals surface area contributed by atoms with E-state index in [0.717, 1.165) is 16.6 Å². The second kappa shape index (κ2) is 7.24. The molecule has 0 aliphatic carbocycles. The molecular weight excluding hydrogens is 380 g/mol. The summed E-state index contributed by atoms with van der Waals surface area (Å²) in [7, 11) is 3.20. The maximum absolute atomic E-state index is 12.8. The molecule has 0 N–H and O–H groups in total. The Hall–Kier alpha value is -3.93. The van der Waals surface area contributed by atoms with Gasteiger partial charge in [0.05, 0.1) is 25.0 Å². The number of pyridine rings is 1. The van der Waals surface area contributed by atoms with Gasteiger partial charge in [0.25, 0.3) is 0 Å². The quantitative estimate of drug-likeness (QED) is 0.512. The Morgan fingerprint density at radius 2 is 1.83 bits per heavy atom. The van der Waals surface area contributed by atoms with Gasteiger partial charge in [-0.25, -0.2) is 4.52 Å². The molecule has 0 saturated carbocycles. The molecule has 0 fully saturated rings. The monoisotopic (exact) mass is 395 g/mol. The highest BCUT2D eigenvalue weighted by Gasteiger charge is 2.19. The number of methoxy groups -OCH3 is 1. The first-order valence-electron chi connectivity index (χ1n) is 8.54. The number of hydrogen-bond donors (Lipinski definition) is 0. The number of ether oxygens (including phenoxy) is 2. The molecule has 0 spiro atoms. The number of nitrogens with zero attached hydrogens (tertiary/aromatic N) is 5. The molecule has 3 aromatic heterocycles. The molecule has 4 aromatic rings. The van der Waals surface area contributed by atoms with Crippen LogP contribution in [0.3, 0.4) is 0 Å². The van der Waals surface area contributed by atoms with Gasteiger partial charge in [0, 0.05) is 36.1 Å². The number of halogens is 2. The van der Waals surface area contributed by atoms with Gasteiger partial charge in [-0.15, -0.1) is 0 Å². The summed E-state index contributed by atoms with van der Waals surface area (Å²) < 4.78 is 38.8. The van der Waals surface area contributed by atoms with Crippen molar-refractivity contribution in [2.75, 3.05) is 7.11 Å². The van der Waals surface area contributed by atoms with Gasteiger partial charge in [-0.05, 0) is 23.8 Å². The van der Waals surface area contributed by atoms with Crippen molar-refractivity contribution in [3.63, 3.8) is 0 Å². The molecule has 0 saturated heterocycles. The predicted octanol–water partition coefficient (Wildman–Crippen LogP) is 3.88. The molecule has 0 aliphatic heterocycles. The van der Waals surface area contributed by atoms with Crippen LogP contribution < -0.4 is 9.47 Å². The van der Waals surface area contributed by atoms with Gasteiger partial charge < -0.3 is 9.47 Å². The molecule has 0 amide bonds. The minimum absolute atomic E-state index is 0.0908. The summed E-state index contributed by atoms with van der Waals surface area (Å²) in [5.41, 5.74) is 3.77. The van der Waals surface area contributed by atoms with E-state index >= 15 is 0 Å². The lowest BCUT2D eigenvalue weighted by Crippen LogP contribution is -2.04. The highest BCUT2D eigenvalue weighted by Crippen LogP contribution is 2.37. The first-order chi connectivity index (χ1) is 14.0. The van der Waals surface area contributed by atoms with Crippen molar-refractivity contribution in [1.82, 2.24) is 19.4 Å². The Bertz CT molecular complexity index is 1240. The van der Waals surface area contributed by atoms with Crippen LogP contribution >= 0.6 is 0 Å². The van der Waals surface area contributed by atoms with E-state index in [1.807, 2.05) is 37.6 Å².